The van der Waals surface area contributed by atoms with Crippen molar-refractivity contribution in [2.45, 2.75) is 110 Å². The van der Waals surface area contributed by atoms with Gasteiger partial charge in [-0.25, -0.2) is 0 Å². The summed E-state index contributed by atoms with van der Waals surface area (Å²) >= 11 is 5.01. The quantitative estimate of drug-likeness (QED) is 0.356. The first-order chi connectivity index (χ1) is 13.3. The normalized spacial score (nSPS) is 14.0. The van der Waals surface area contributed by atoms with E-state index < -0.39 is 0 Å². The van der Waals surface area contributed by atoms with Gasteiger partial charge in [0.2, 0.25) is 0 Å². The Morgan fingerprint density at radius 1 is 0.567 bits per heavy atom. The smallest absolute Gasteiger partial charge is 0.0124 e. The molecule has 0 amide bonds. The largest absolute Gasteiger partial charge is 0.143 e. The second kappa shape index (κ2) is 8.29. The molecule has 0 bridgehead atoms. The maximum Gasteiger partial charge on any atom is 0.0124 e. The lowest BCUT2D eigenvalue weighted by molar-refractivity contribution is 0.569. The third-order valence-electron chi connectivity index (χ3n) is 5.74. The van der Waals surface area contributed by atoms with E-state index in [2.05, 4.69) is 113 Å². The fourth-order valence-electron chi connectivity index (χ4n) is 3.66. The number of rotatable bonds is 2. The van der Waals surface area contributed by atoms with Gasteiger partial charge in [-0.05, 0) is 60.6 Å². The van der Waals surface area contributed by atoms with Gasteiger partial charge in [0.1, 0.15) is 0 Å². The van der Waals surface area contributed by atoms with Gasteiger partial charge in [-0.2, -0.15) is 0 Å². The van der Waals surface area contributed by atoms with Crippen molar-refractivity contribution in [1.82, 2.24) is 0 Å². The van der Waals surface area contributed by atoms with Gasteiger partial charge < -0.3 is 0 Å². The van der Waals surface area contributed by atoms with Crippen LogP contribution in [-0.4, -0.2) is 0 Å². The van der Waals surface area contributed by atoms with Crippen molar-refractivity contribution in [3.05, 3.63) is 52.6 Å². The molecule has 1 atom stereocenters. The molecule has 0 N–H and O–H groups in total. The minimum atomic E-state index is 0.0777. The van der Waals surface area contributed by atoms with Crippen molar-refractivity contribution in [3.63, 3.8) is 0 Å². The van der Waals surface area contributed by atoms with Crippen LogP contribution >= 0.6 is 21.2 Å². The number of thiol groups is 1. The summed E-state index contributed by atoms with van der Waals surface area (Å²) in [7, 11) is 0.604. The number of hydrogen-bond donors (Lipinski definition) is 1. The van der Waals surface area contributed by atoms with Gasteiger partial charge in [0.05, 0.1) is 0 Å². The Morgan fingerprint density at radius 3 is 1.47 bits per heavy atom. The molecule has 0 spiro atoms. The van der Waals surface area contributed by atoms with Crippen molar-refractivity contribution < 1.29 is 0 Å². The van der Waals surface area contributed by atoms with Crippen molar-refractivity contribution in [2.24, 2.45) is 0 Å². The standard InChI is InChI=1S/C28H43PS/c1-25(2,3)18-13-14-22(20(15-18)27(7,8)9)29-24-21(28(10,11)12)16-19(17-23(24)30)26(4,5)6/h13-17,29-30H,1-12H3. The van der Waals surface area contributed by atoms with Gasteiger partial charge in [0.15, 0.2) is 0 Å². The van der Waals surface area contributed by atoms with Crippen LogP contribution in [0.2, 0.25) is 0 Å². The molecule has 0 aromatic heterocycles. The average Bonchev–Trinajstić information content (AvgIpc) is 2.52. The molecule has 2 aromatic rings. The maximum atomic E-state index is 5.01. The van der Waals surface area contributed by atoms with Gasteiger partial charge in [0.25, 0.3) is 0 Å². The molecule has 0 fully saturated rings. The summed E-state index contributed by atoms with van der Waals surface area (Å²) in [5.41, 5.74) is 6.11. The van der Waals surface area contributed by atoms with Crippen LogP contribution in [0.3, 0.4) is 0 Å². The Kier molecular flexibility index (Phi) is 7.04. The Morgan fingerprint density at radius 2 is 1.03 bits per heavy atom. The zero-order chi connectivity index (χ0) is 23.3. The minimum Gasteiger partial charge on any atom is -0.143 e. The van der Waals surface area contributed by atoms with Crippen LogP contribution < -0.4 is 10.6 Å². The summed E-state index contributed by atoms with van der Waals surface area (Å²) < 4.78 is 0. The highest BCUT2D eigenvalue weighted by atomic mass is 32.1. The molecule has 1 unspecified atom stereocenters. The first-order valence-corrected chi connectivity index (χ1v) is 12.6. The monoisotopic (exact) mass is 442 g/mol. The van der Waals surface area contributed by atoms with Crippen molar-refractivity contribution in [1.29, 1.82) is 0 Å². The topological polar surface area (TPSA) is 0 Å². The van der Waals surface area contributed by atoms with Crippen LogP contribution in [0.15, 0.2) is 35.2 Å². The molecule has 166 valence electrons. The molecule has 2 heteroatoms. The second-order valence-electron chi connectivity index (χ2n) is 12.8. The molecule has 0 saturated carbocycles. The highest BCUT2D eigenvalue weighted by Crippen LogP contribution is 2.36. The Bertz CT molecular complexity index is 910. The van der Waals surface area contributed by atoms with E-state index in [1.54, 1.807) is 0 Å². The second-order valence-corrected chi connectivity index (χ2v) is 14.6. The summed E-state index contributed by atoms with van der Waals surface area (Å²) in [6.45, 7) is 27.7. The van der Waals surface area contributed by atoms with Crippen molar-refractivity contribution in [2.75, 3.05) is 0 Å². The molecule has 0 aliphatic heterocycles. The predicted octanol–water partition coefficient (Wildman–Crippen LogP) is 7.79. The van der Waals surface area contributed by atoms with E-state index >= 15 is 0 Å². The van der Waals surface area contributed by atoms with E-state index in [-0.39, 0.29) is 21.7 Å². The first kappa shape index (κ1) is 25.5. The summed E-state index contributed by atoms with van der Waals surface area (Å²) in [4.78, 5) is 1.13. The van der Waals surface area contributed by atoms with Crippen LogP contribution in [0.1, 0.15) is 105 Å². The highest BCUT2D eigenvalue weighted by molar-refractivity contribution is 7.81. The van der Waals surface area contributed by atoms with Crippen molar-refractivity contribution in [3.8, 4) is 0 Å². The van der Waals surface area contributed by atoms with E-state index in [4.69, 9.17) is 12.6 Å². The zero-order valence-electron chi connectivity index (χ0n) is 21.3. The molecule has 2 rings (SSSR count). The average molecular weight is 443 g/mol. The van der Waals surface area contributed by atoms with Gasteiger partial charge in [0, 0.05) is 4.90 Å². The van der Waals surface area contributed by atoms with Crippen LogP contribution in [0.4, 0.5) is 0 Å². The highest BCUT2D eigenvalue weighted by Gasteiger charge is 2.27. The summed E-state index contributed by atoms with van der Waals surface area (Å²) in [5.74, 6) is 0. The molecule has 30 heavy (non-hydrogen) atoms. The summed E-state index contributed by atoms with van der Waals surface area (Å²) in [5, 5.41) is 2.84. The van der Waals surface area contributed by atoms with Crippen LogP contribution in [0.25, 0.3) is 0 Å². The fourth-order valence-corrected chi connectivity index (χ4v) is 5.88. The fraction of sp³-hybridized carbons (Fsp3) is 0.571. The predicted molar refractivity (Wildman–Crippen MR) is 143 cm³/mol. The van der Waals surface area contributed by atoms with Crippen molar-refractivity contribution >= 4 is 31.8 Å². The van der Waals surface area contributed by atoms with Gasteiger partial charge >= 0.3 is 0 Å². The van der Waals surface area contributed by atoms with Crippen LogP contribution in [0.5, 0.6) is 0 Å². The van der Waals surface area contributed by atoms with E-state index in [0.717, 1.165) is 4.90 Å². The number of benzene rings is 2. The van der Waals surface area contributed by atoms with Gasteiger partial charge in [-0.3, -0.25) is 0 Å². The molecular formula is C28H43PS. The minimum absolute atomic E-state index is 0.0777. The molecule has 2 aromatic carbocycles. The van der Waals surface area contributed by atoms with Crippen LogP contribution in [0, 0.1) is 0 Å². The van der Waals surface area contributed by atoms with E-state index in [1.807, 2.05) is 0 Å². The Labute approximate surface area is 193 Å². The first-order valence-electron chi connectivity index (χ1n) is 11.1. The van der Waals surface area contributed by atoms with Gasteiger partial charge in [-0.1, -0.05) is 116 Å². The Balaban J connectivity index is 2.71. The molecule has 0 saturated heterocycles. The Hall–Kier alpha value is -0.780. The zero-order valence-corrected chi connectivity index (χ0v) is 23.2. The maximum absolute atomic E-state index is 5.01. The SMILES string of the molecule is CC(C)(C)c1ccc(Pc2c(S)cc(C(C)(C)C)cc2C(C)(C)C)c(C(C)(C)C)c1. The molecular weight excluding hydrogens is 399 g/mol. The summed E-state index contributed by atoms with van der Waals surface area (Å²) in [6, 6.07) is 11.9. The van der Waals surface area contributed by atoms with E-state index in [1.165, 1.54) is 32.9 Å². The van der Waals surface area contributed by atoms with Gasteiger partial charge in [-0.15, -0.1) is 12.6 Å². The van der Waals surface area contributed by atoms with E-state index in [0.29, 0.717) is 8.58 Å². The van der Waals surface area contributed by atoms with Crippen LogP contribution in [-0.2, 0) is 21.7 Å². The molecule has 0 aliphatic carbocycles. The summed E-state index contributed by atoms with van der Waals surface area (Å²) in [6.07, 6.45) is 0. The third-order valence-corrected chi connectivity index (χ3v) is 7.80. The molecule has 0 heterocycles. The lowest BCUT2D eigenvalue weighted by Crippen LogP contribution is -2.28. The van der Waals surface area contributed by atoms with E-state index in [9.17, 15) is 0 Å². The molecule has 0 nitrogen and oxygen atoms in total. The lowest BCUT2D eigenvalue weighted by atomic mass is 9.80. The third kappa shape index (κ3) is 5.92. The lowest BCUT2D eigenvalue weighted by Gasteiger charge is -2.31. The number of hydrogen-bond acceptors (Lipinski definition) is 1. The molecule has 0 aliphatic rings. The molecule has 0 radical (unpaired) electrons.